The van der Waals surface area contributed by atoms with E-state index in [9.17, 15) is 5.11 Å². The normalized spacial score (nSPS) is 15.8. The number of aliphatic hydroxyl groups is 1. The molecule has 1 rings (SSSR count). The van der Waals surface area contributed by atoms with Gasteiger partial charge in [0.25, 0.3) is 0 Å². The molecule has 1 atom stereocenters. The van der Waals surface area contributed by atoms with Crippen molar-refractivity contribution in [3.8, 4) is 0 Å². The van der Waals surface area contributed by atoms with Crippen LogP contribution in [0.25, 0.3) is 0 Å². The van der Waals surface area contributed by atoms with E-state index in [1.807, 2.05) is 0 Å². The van der Waals surface area contributed by atoms with Crippen LogP contribution in [0, 0.1) is 5.92 Å². The third-order valence-corrected chi connectivity index (χ3v) is 4.47. The van der Waals surface area contributed by atoms with Gasteiger partial charge in [-0.2, -0.15) is 0 Å². The molecule has 1 heterocycles. The Labute approximate surface area is 131 Å². The van der Waals surface area contributed by atoms with Crippen molar-refractivity contribution in [2.24, 2.45) is 10.9 Å². The van der Waals surface area contributed by atoms with Crippen molar-refractivity contribution in [1.29, 1.82) is 0 Å². The summed E-state index contributed by atoms with van der Waals surface area (Å²) in [7, 11) is 0. The smallest absolute Gasteiger partial charge is 0.0996 e. The Morgan fingerprint density at radius 2 is 1.57 bits per heavy atom. The molecule has 124 valence electrons. The van der Waals surface area contributed by atoms with Gasteiger partial charge >= 0.3 is 0 Å². The number of unbranched alkanes of at least 4 members (excludes halogenated alkanes) is 9. The highest BCUT2D eigenvalue weighted by atomic mass is 16.3. The fraction of sp³-hybridized carbons (Fsp3) is 0.944. The van der Waals surface area contributed by atoms with Crippen molar-refractivity contribution in [2.75, 3.05) is 19.7 Å². The molecule has 2 N–H and O–H groups in total. The van der Waals surface area contributed by atoms with Crippen LogP contribution in [-0.2, 0) is 0 Å². The molecule has 1 aliphatic heterocycles. The van der Waals surface area contributed by atoms with Gasteiger partial charge in [0.1, 0.15) is 0 Å². The predicted molar refractivity (Wildman–Crippen MR) is 92.0 cm³/mol. The first-order valence-corrected chi connectivity index (χ1v) is 9.27. The lowest BCUT2D eigenvalue weighted by atomic mass is 9.96. The van der Waals surface area contributed by atoms with Crippen molar-refractivity contribution in [1.82, 2.24) is 5.32 Å². The van der Waals surface area contributed by atoms with Crippen LogP contribution in [0.4, 0.5) is 0 Å². The van der Waals surface area contributed by atoms with Crippen LogP contribution in [0.2, 0.25) is 0 Å². The summed E-state index contributed by atoms with van der Waals surface area (Å²) in [4.78, 5) is 4.51. The van der Waals surface area contributed by atoms with E-state index >= 15 is 0 Å². The number of hydrogen-bond acceptors (Lipinski definition) is 3. The minimum atomic E-state index is 0.281. The molecule has 1 unspecified atom stereocenters. The Kier molecular flexibility index (Phi) is 11.5. The Morgan fingerprint density at radius 3 is 2.10 bits per heavy atom. The third-order valence-electron chi connectivity index (χ3n) is 4.47. The second-order valence-corrected chi connectivity index (χ2v) is 6.37. The Hall–Kier alpha value is -0.570. The lowest BCUT2D eigenvalue weighted by Gasteiger charge is -2.16. The molecule has 21 heavy (non-hydrogen) atoms. The van der Waals surface area contributed by atoms with Gasteiger partial charge in [-0.15, -0.1) is 0 Å². The molecule has 0 fully saturated rings. The number of aliphatic imine (C=N–C) groups is 1. The molecule has 0 bridgehead atoms. The van der Waals surface area contributed by atoms with Gasteiger partial charge in [-0.05, 0) is 12.8 Å². The summed E-state index contributed by atoms with van der Waals surface area (Å²) in [6.07, 6.45) is 15.9. The lowest BCUT2D eigenvalue weighted by Crippen LogP contribution is -2.27. The van der Waals surface area contributed by atoms with Crippen LogP contribution < -0.4 is 5.32 Å². The zero-order valence-corrected chi connectivity index (χ0v) is 14.1. The Balaban J connectivity index is 1.94. The van der Waals surface area contributed by atoms with Crippen LogP contribution >= 0.6 is 0 Å². The van der Waals surface area contributed by atoms with E-state index in [4.69, 9.17) is 0 Å². The van der Waals surface area contributed by atoms with E-state index in [0.29, 0.717) is 5.92 Å². The summed E-state index contributed by atoms with van der Waals surface area (Å²) in [6, 6.07) is 0. The maximum Gasteiger partial charge on any atom is 0.0996 e. The summed E-state index contributed by atoms with van der Waals surface area (Å²) in [5.41, 5.74) is 0. The molecule has 1 aliphatic rings. The van der Waals surface area contributed by atoms with Crippen LogP contribution in [0.3, 0.4) is 0 Å². The number of nitrogens with zero attached hydrogens (tertiary/aromatic N) is 1. The van der Waals surface area contributed by atoms with Crippen molar-refractivity contribution in [2.45, 2.75) is 84.0 Å². The van der Waals surface area contributed by atoms with Crippen LogP contribution in [0.5, 0.6) is 0 Å². The average molecular weight is 296 g/mol. The topological polar surface area (TPSA) is 44.6 Å². The monoisotopic (exact) mass is 296 g/mol. The molecule has 0 aromatic carbocycles. The van der Waals surface area contributed by atoms with E-state index < -0.39 is 0 Å². The molecular weight excluding hydrogens is 260 g/mol. The number of amidine groups is 1. The summed E-state index contributed by atoms with van der Waals surface area (Å²) in [5.74, 6) is 1.62. The zero-order chi connectivity index (χ0) is 15.2. The molecule has 0 aromatic heterocycles. The van der Waals surface area contributed by atoms with E-state index in [1.54, 1.807) is 0 Å². The van der Waals surface area contributed by atoms with E-state index in [-0.39, 0.29) is 6.61 Å². The second-order valence-electron chi connectivity index (χ2n) is 6.37. The first-order chi connectivity index (χ1) is 10.4. The second kappa shape index (κ2) is 13.1. The van der Waals surface area contributed by atoms with Crippen LogP contribution in [0.15, 0.2) is 4.99 Å². The molecule has 0 aromatic rings. The highest BCUT2D eigenvalue weighted by Gasteiger charge is 2.17. The van der Waals surface area contributed by atoms with Gasteiger partial charge in [0.2, 0.25) is 0 Å². The molecule has 0 amide bonds. The largest absolute Gasteiger partial charge is 0.396 e. The maximum atomic E-state index is 9.18. The van der Waals surface area contributed by atoms with Crippen molar-refractivity contribution in [3.05, 3.63) is 0 Å². The van der Waals surface area contributed by atoms with Crippen molar-refractivity contribution < 1.29 is 5.11 Å². The van der Waals surface area contributed by atoms with Gasteiger partial charge in [-0.1, -0.05) is 71.1 Å². The summed E-state index contributed by atoms with van der Waals surface area (Å²) in [5, 5.41) is 12.5. The minimum Gasteiger partial charge on any atom is -0.396 e. The average Bonchev–Trinajstić information content (AvgIpc) is 3.02. The molecular formula is C18H36N2O. The van der Waals surface area contributed by atoms with E-state index in [0.717, 1.165) is 25.3 Å². The Bertz CT molecular complexity index is 266. The fourth-order valence-corrected chi connectivity index (χ4v) is 3.14. The van der Waals surface area contributed by atoms with Gasteiger partial charge < -0.3 is 10.4 Å². The lowest BCUT2D eigenvalue weighted by molar-refractivity contribution is 0.268. The van der Waals surface area contributed by atoms with Gasteiger partial charge in [-0.25, -0.2) is 0 Å². The van der Waals surface area contributed by atoms with Gasteiger partial charge in [-0.3, -0.25) is 4.99 Å². The Morgan fingerprint density at radius 1 is 0.952 bits per heavy atom. The highest BCUT2D eigenvalue weighted by molar-refractivity contribution is 5.85. The number of aliphatic hydroxyl groups excluding tert-OH is 1. The van der Waals surface area contributed by atoms with Gasteiger partial charge in [0, 0.05) is 19.1 Å². The standard InChI is InChI=1S/C18H36N2O/c1-2-3-4-5-6-7-8-9-10-11-12-17(13-16-21)18-19-14-15-20-18/h17,21H,2-16H2,1H3,(H,19,20). The molecule has 0 radical (unpaired) electrons. The molecule has 0 saturated heterocycles. The number of nitrogens with one attached hydrogen (secondary N) is 1. The molecule has 0 spiro atoms. The third kappa shape index (κ3) is 9.13. The van der Waals surface area contributed by atoms with Gasteiger partial charge in [0.05, 0.1) is 12.4 Å². The predicted octanol–water partition coefficient (Wildman–Crippen LogP) is 4.30. The number of hydrogen-bond donors (Lipinski definition) is 2. The van der Waals surface area contributed by atoms with Gasteiger partial charge in [0.15, 0.2) is 0 Å². The van der Waals surface area contributed by atoms with E-state index in [1.165, 1.54) is 70.6 Å². The fourth-order valence-electron chi connectivity index (χ4n) is 3.14. The highest BCUT2D eigenvalue weighted by Crippen LogP contribution is 2.18. The SMILES string of the molecule is CCCCCCCCCCCCC(CCO)C1=NCCN1. The molecule has 0 aliphatic carbocycles. The zero-order valence-electron chi connectivity index (χ0n) is 14.1. The van der Waals surface area contributed by atoms with Crippen LogP contribution in [-0.4, -0.2) is 30.6 Å². The summed E-state index contributed by atoms with van der Waals surface area (Å²) in [6.45, 7) is 4.45. The molecule has 3 nitrogen and oxygen atoms in total. The summed E-state index contributed by atoms with van der Waals surface area (Å²) >= 11 is 0. The summed E-state index contributed by atoms with van der Waals surface area (Å²) < 4.78 is 0. The first-order valence-electron chi connectivity index (χ1n) is 9.27. The minimum absolute atomic E-state index is 0.281. The van der Waals surface area contributed by atoms with Crippen molar-refractivity contribution in [3.63, 3.8) is 0 Å². The maximum absolute atomic E-state index is 9.18. The molecule has 0 saturated carbocycles. The van der Waals surface area contributed by atoms with Crippen molar-refractivity contribution >= 4 is 5.84 Å². The molecule has 3 heteroatoms. The quantitative estimate of drug-likeness (QED) is 0.469. The van der Waals surface area contributed by atoms with E-state index in [2.05, 4.69) is 17.2 Å². The first kappa shape index (κ1) is 18.5. The number of rotatable bonds is 14. The van der Waals surface area contributed by atoms with Crippen LogP contribution in [0.1, 0.15) is 84.0 Å².